The van der Waals surface area contributed by atoms with Crippen LogP contribution in [0, 0.1) is 6.92 Å². The van der Waals surface area contributed by atoms with Crippen molar-refractivity contribution in [1.82, 2.24) is 9.78 Å². The minimum Gasteiger partial charge on any atom is -0.423 e. The van der Waals surface area contributed by atoms with Gasteiger partial charge in [-0.25, -0.2) is 9.48 Å². The van der Waals surface area contributed by atoms with Gasteiger partial charge in [0.15, 0.2) is 5.69 Å². The molecular weight excluding hydrogens is 332 g/mol. The fourth-order valence-corrected chi connectivity index (χ4v) is 2.26. The molecule has 0 saturated carbocycles. The van der Waals surface area contributed by atoms with Crippen LogP contribution in [0.5, 0.6) is 5.75 Å². The number of benzene rings is 2. The molecule has 1 heterocycles. The maximum atomic E-state index is 12.5. The number of rotatable bonds is 5. The van der Waals surface area contributed by atoms with Crippen LogP contribution in [0.3, 0.4) is 0 Å². The first kappa shape index (κ1) is 17.1. The zero-order valence-electron chi connectivity index (χ0n) is 14.0. The number of para-hydroxylation sites is 1. The van der Waals surface area contributed by atoms with Crippen LogP contribution in [0.4, 0.5) is 11.4 Å². The Balaban J connectivity index is 1.83. The quantitative estimate of drug-likeness (QED) is 0.327. The van der Waals surface area contributed by atoms with E-state index in [0.29, 0.717) is 17.1 Å². The molecule has 7 nitrogen and oxygen atoms in total. The average Bonchev–Trinajstić information content (AvgIpc) is 2.95. The Labute approximate surface area is 149 Å². The molecule has 26 heavy (non-hydrogen) atoms. The van der Waals surface area contributed by atoms with Crippen LogP contribution in [-0.4, -0.2) is 15.7 Å². The van der Waals surface area contributed by atoms with E-state index in [1.165, 1.54) is 4.68 Å². The number of ether oxygens (including phenoxy) is 1. The molecule has 1 N–H and O–H groups in total. The summed E-state index contributed by atoms with van der Waals surface area (Å²) in [5, 5.41) is 11.1. The average molecular weight is 348 g/mol. The van der Waals surface area contributed by atoms with E-state index >= 15 is 0 Å². The minimum atomic E-state index is -0.538. The molecule has 0 bridgehead atoms. The van der Waals surface area contributed by atoms with Gasteiger partial charge >= 0.3 is 5.97 Å². The van der Waals surface area contributed by atoms with Crippen molar-refractivity contribution >= 4 is 17.3 Å². The molecule has 0 aliphatic heterocycles. The first-order valence-corrected chi connectivity index (χ1v) is 7.81. The Kier molecular flexibility index (Phi) is 4.89. The third kappa shape index (κ3) is 3.67. The Hall–Kier alpha value is -3.74. The number of H-pyrrole nitrogens is 1. The number of aromatic nitrogens is 2. The summed E-state index contributed by atoms with van der Waals surface area (Å²) in [6.45, 7) is 5.09. The van der Waals surface area contributed by atoms with Gasteiger partial charge in [0.05, 0.1) is 17.1 Å². The Morgan fingerprint density at radius 1 is 1.12 bits per heavy atom. The molecule has 0 fully saturated rings. The van der Waals surface area contributed by atoms with Crippen molar-refractivity contribution in [1.29, 1.82) is 0 Å². The van der Waals surface area contributed by atoms with E-state index in [2.05, 4.69) is 21.9 Å². The summed E-state index contributed by atoms with van der Waals surface area (Å²) < 4.78 is 6.40. The van der Waals surface area contributed by atoms with Gasteiger partial charge in [-0.1, -0.05) is 24.8 Å². The van der Waals surface area contributed by atoms with Crippen LogP contribution >= 0.6 is 0 Å². The van der Waals surface area contributed by atoms with Crippen molar-refractivity contribution in [2.24, 2.45) is 10.2 Å². The van der Waals surface area contributed by atoms with E-state index in [9.17, 15) is 9.59 Å². The Morgan fingerprint density at radius 3 is 2.46 bits per heavy atom. The highest BCUT2D eigenvalue weighted by Gasteiger charge is 2.11. The van der Waals surface area contributed by atoms with Crippen LogP contribution in [0.2, 0.25) is 0 Å². The number of nitrogens with one attached hydrogen (secondary N) is 1. The van der Waals surface area contributed by atoms with Crippen molar-refractivity contribution in [2.45, 2.75) is 6.92 Å². The van der Waals surface area contributed by atoms with Crippen molar-refractivity contribution < 1.29 is 9.53 Å². The molecule has 0 spiro atoms. The summed E-state index contributed by atoms with van der Waals surface area (Å²) in [5.41, 5.74) is 1.80. The molecule has 0 saturated heterocycles. The molecule has 3 rings (SSSR count). The number of carbonyl (C=O) groups excluding carboxylic acids is 1. The Morgan fingerprint density at radius 2 is 1.81 bits per heavy atom. The zero-order valence-corrected chi connectivity index (χ0v) is 14.0. The highest BCUT2D eigenvalue weighted by atomic mass is 16.5. The molecule has 0 radical (unpaired) electrons. The monoisotopic (exact) mass is 348 g/mol. The van der Waals surface area contributed by atoms with E-state index in [-0.39, 0.29) is 11.2 Å². The van der Waals surface area contributed by atoms with Gasteiger partial charge in [0.1, 0.15) is 5.75 Å². The molecule has 0 amide bonds. The topological polar surface area (TPSA) is 88.8 Å². The third-order valence-corrected chi connectivity index (χ3v) is 3.54. The normalized spacial score (nSPS) is 10.8. The number of nitrogens with zero attached hydrogens (tertiary/aromatic N) is 3. The zero-order chi connectivity index (χ0) is 18.5. The molecule has 0 atom stereocenters. The van der Waals surface area contributed by atoms with Gasteiger partial charge in [0.25, 0.3) is 5.56 Å². The highest BCUT2D eigenvalue weighted by molar-refractivity contribution is 5.83. The van der Waals surface area contributed by atoms with Crippen molar-refractivity contribution in [2.75, 3.05) is 0 Å². The highest BCUT2D eigenvalue weighted by Crippen LogP contribution is 2.21. The summed E-state index contributed by atoms with van der Waals surface area (Å²) in [6, 6.07) is 15.6. The second-order valence-corrected chi connectivity index (χ2v) is 5.38. The van der Waals surface area contributed by atoms with Gasteiger partial charge in [-0.2, -0.15) is 5.11 Å². The van der Waals surface area contributed by atoms with Gasteiger partial charge in [-0.15, -0.1) is 5.11 Å². The second kappa shape index (κ2) is 7.43. The molecule has 3 aromatic rings. The summed E-state index contributed by atoms with van der Waals surface area (Å²) >= 11 is 0. The maximum Gasteiger partial charge on any atom is 0.335 e. The molecular formula is C19H16N4O3. The van der Waals surface area contributed by atoms with Crippen LogP contribution in [0.25, 0.3) is 5.69 Å². The summed E-state index contributed by atoms with van der Waals surface area (Å²) in [4.78, 5) is 23.7. The van der Waals surface area contributed by atoms with Gasteiger partial charge in [0, 0.05) is 6.08 Å². The van der Waals surface area contributed by atoms with Crippen LogP contribution in [0.15, 0.2) is 82.3 Å². The lowest BCUT2D eigenvalue weighted by molar-refractivity contribution is -0.128. The number of esters is 1. The summed E-state index contributed by atoms with van der Waals surface area (Å²) in [6.07, 6.45) is 1.08. The second-order valence-electron chi connectivity index (χ2n) is 5.38. The van der Waals surface area contributed by atoms with Crippen molar-refractivity contribution in [3.63, 3.8) is 0 Å². The summed E-state index contributed by atoms with van der Waals surface area (Å²) in [7, 11) is 0. The first-order valence-electron chi connectivity index (χ1n) is 7.81. The van der Waals surface area contributed by atoms with Crippen LogP contribution in [0.1, 0.15) is 5.69 Å². The van der Waals surface area contributed by atoms with Gasteiger partial charge < -0.3 is 4.74 Å². The third-order valence-electron chi connectivity index (χ3n) is 3.54. The smallest absolute Gasteiger partial charge is 0.335 e. The maximum absolute atomic E-state index is 12.5. The number of carbonyl (C=O) groups is 1. The lowest BCUT2D eigenvalue weighted by Crippen LogP contribution is -2.13. The van der Waals surface area contributed by atoms with Crippen LogP contribution in [-0.2, 0) is 4.79 Å². The standard InChI is InChI=1S/C19H16N4O3/c1-3-17(24)26-16-11-9-14(10-12-16)20-21-18-13(2)22-23(19(18)25)15-7-5-4-6-8-15/h3-12,22H,1H2,2H3/b21-20+. The van der Waals surface area contributed by atoms with Gasteiger partial charge in [0.2, 0.25) is 0 Å². The number of hydrogen-bond donors (Lipinski definition) is 1. The minimum absolute atomic E-state index is 0.232. The predicted octanol–water partition coefficient (Wildman–Crippen LogP) is 3.98. The molecule has 1 aromatic heterocycles. The molecule has 0 aliphatic rings. The van der Waals surface area contributed by atoms with Gasteiger partial charge in [-0.3, -0.25) is 9.89 Å². The van der Waals surface area contributed by atoms with E-state index in [0.717, 1.165) is 11.8 Å². The fourth-order valence-electron chi connectivity index (χ4n) is 2.26. The molecule has 130 valence electrons. The molecule has 0 aliphatic carbocycles. The van der Waals surface area contributed by atoms with E-state index in [1.54, 1.807) is 31.2 Å². The number of azo groups is 1. The lowest BCUT2D eigenvalue weighted by atomic mass is 10.3. The SMILES string of the molecule is C=CC(=O)Oc1ccc(/N=N/c2c(C)[nH]n(-c3ccccc3)c2=O)cc1. The number of aryl methyl sites for hydroxylation is 1. The van der Waals surface area contributed by atoms with E-state index in [1.807, 2.05) is 30.3 Å². The largest absolute Gasteiger partial charge is 0.423 e. The van der Waals surface area contributed by atoms with E-state index < -0.39 is 5.97 Å². The predicted molar refractivity (Wildman–Crippen MR) is 97.6 cm³/mol. The number of aromatic amines is 1. The van der Waals surface area contributed by atoms with Crippen LogP contribution < -0.4 is 10.3 Å². The van der Waals surface area contributed by atoms with Gasteiger partial charge in [-0.05, 0) is 43.3 Å². The molecule has 7 heteroatoms. The van der Waals surface area contributed by atoms with E-state index in [4.69, 9.17) is 4.74 Å². The molecule has 0 unspecified atom stereocenters. The number of hydrogen-bond acceptors (Lipinski definition) is 5. The fraction of sp³-hybridized carbons (Fsp3) is 0.0526. The van der Waals surface area contributed by atoms with Crippen molar-refractivity contribution in [3.05, 3.63) is 83.3 Å². The summed E-state index contributed by atoms with van der Waals surface area (Å²) in [5.74, 6) is -0.165. The molecule has 2 aromatic carbocycles. The Bertz CT molecular complexity index is 1020. The van der Waals surface area contributed by atoms with Crippen molar-refractivity contribution in [3.8, 4) is 11.4 Å². The first-order chi connectivity index (χ1) is 12.6. The lowest BCUT2D eigenvalue weighted by Gasteiger charge is -2.00.